The third-order valence-electron chi connectivity index (χ3n) is 3.18. The first-order chi connectivity index (χ1) is 8.17. The Balaban J connectivity index is 2.33. The topological polar surface area (TPSA) is 75.2 Å². The molecule has 0 aliphatic heterocycles. The van der Waals surface area contributed by atoms with E-state index in [1.807, 2.05) is 0 Å². The molecule has 0 radical (unpaired) electrons. The number of rotatable bonds is 5. The molecule has 94 valence electrons. The smallest absolute Gasteiger partial charge is 0.254 e. The lowest BCUT2D eigenvalue weighted by molar-refractivity contribution is 0.0768. The van der Waals surface area contributed by atoms with Crippen molar-refractivity contribution in [3.8, 4) is 0 Å². The summed E-state index contributed by atoms with van der Waals surface area (Å²) in [6.07, 6.45) is 2.49. The van der Waals surface area contributed by atoms with Crippen LogP contribution in [0.3, 0.4) is 0 Å². The average molecular weight is 238 g/mol. The van der Waals surface area contributed by atoms with Gasteiger partial charge in [0.2, 0.25) is 0 Å². The molecule has 1 saturated carbocycles. The number of methoxy groups -OCH3 is 1. The van der Waals surface area contributed by atoms with Crippen LogP contribution >= 0.6 is 0 Å². The Labute approximate surface area is 99.9 Å². The molecule has 17 heavy (non-hydrogen) atoms. The maximum atomic E-state index is 11.9. The molecule has 0 bridgehead atoms. The van der Waals surface area contributed by atoms with Crippen LogP contribution in [0.1, 0.15) is 36.0 Å². The van der Waals surface area contributed by atoms with Crippen molar-refractivity contribution in [1.29, 1.82) is 0 Å². The molecule has 2 rings (SSSR count). The molecule has 0 aromatic carbocycles. The van der Waals surface area contributed by atoms with Crippen LogP contribution in [0.25, 0.3) is 0 Å². The van der Waals surface area contributed by atoms with Crippen molar-refractivity contribution in [3.63, 3.8) is 0 Å². The van der Waals surface area contributed by atoms with Gasteiger partial charge in [0.1, 0.15) is 11.9 Å². The number of ether oxygens (including phenoxy) is 1. The predicted molar refractivity (Wildman–Crippen MR) is 62.9 cm³/mol. The number of aliphatic hydroxyl groups excluding tert-OH is 1. The van der Waals surface area contributed by atoms with Gasteiger partial charge >= 0.3 is 0 Å². The van der Waals surface area contributed by atoms with Crippen LogP contribution in [0.5, 0.6) is 0 Å². The summed E-state index contributed by atoms with van der Waals surface area (Å²) in [5, 5.41) is 8.89. The monoisotopic (exact) mass is 238 g/mol. The van der Waals surface area contributed by atoms with Gasteiger partial charge in [-0.2, -0.15) is 0 Å². The molecule has 0 amide bonds. The Morgan fingerprint density at radius 3 is 2.76 bits per heavy atom. The standard InChI is InChI=1S/C12H18N2O3/c1-7-9(5-6-15)12(16)14-11(13-7)10(17-2)8-3-4-8/h8,10,15H,3-6H2,1-2H3,(H,13,14,16). The van der Waals surface area contributed by atoms with Crippen molar-refractivity contribution in [1.82, 2.24) is 9.97 Å². The first kappa shape index (κ1) is 12.3. The third-order valence-corrected chi connectivity index (χ3v) is 3.18. The minimum Gasteiger partial charge on any atom is -0.396 e. The van der Waals surface area contributed by atoms with E-state index in [1.165, 1.54) is 0 Å². The fraction of sp³-hybridized carbons (Fsp3) is 0.667. The molecule has 1 atom stereocenters. The summed E-state index contributed by atoms with van der Waals surface area (Å²) in [5.74, 6) is 1.09. The van der Waals surface area contributed by atoms with Crippen LogP contribution in [0.2, 0.25) is 0 Å². The second-order valence-corrected chi connectivity index (χ2v) is 4.48. The van der Waals surface area contributed by atoms with Gasteiger partial charge < -0.3 is 14.8 Å². The van der Waals surface area contributed by atoms with Crippen LogP contribution in [0.15, 0.2) is 4.79 Å². The maximum absolute atomic E-state index is 11.9. The van der Waals surface area contributed by atoms with E-state index in [1.54, 1.807) is 14.0 Å². The number of aryl methyl sites for hydroxylation is 1. The summed E-state index contributed by atoms with van der Waals surface area (Å²) in [7, 11) is 1.64. The molecule has 2 N–H and O–H groups in total. The molecule has 1 aliphatic carbocycles. The number of hydrogen-bond acceptors (Lipinski definition) is 4. The van der Waals surface area contributed by atoms with E-state index in [2.05, 4.69) is 9.97 Å². The van der Waals surface area contributed by atoms with Gasteiger partial charge in [0.25, 0.3) is 5.56 Å². The van der Waals surface area contributed by atoms with E-state index in [0.717, 1.165) is 12.8 Å². The lowest BCUT2D eigenvalue weighted by atomic mass is 10.1. The zero-order valence-corrected chi connectivity index (χ0v) is 10.2. The first-order valence-electron chi connectivity index (χ1n) is 5.90. The van der Waals surface area contributed by atoms with E-state index in [-0.39, 0.29) is 18.3 Å². The molecule has 5 heteroatoms. The number of aliphatic hydroxyl groups is 1. The van der Waals surface area contributed by atoms with Crippen LogP contribution < -0.4 is 5.56 Å². The summed E-state index contributed by atoms with van der Waals surface area (Å²) >= 11 is 0. The predicted octanol–water partition coefficient (Wildman–Crippen LogP) is 0.711. The van der Waals surface area contributed by atoms with E-state index >= 15 is 0 Å². The number of hydrogen-bond donors (Lipinski definition) is 2. The van der Waals surface area contributed by atoms with Crippen LogP contribution in [-0.2, 0) is 11.2 Å². The largest absolute Gasteiger partial charge is 0.396 e. The van der Waals surface area contributed by atoms with Gasteiger partial charge in [-0.05, 0) is 25.7 Å². The Morgan fingerprint density at radius 1 is 1.59 bits per heavy atom. The SMILES string of the molecule is COC(c1nc(C)c(CCO)c(=O)[nH]1)C1CC1. The second kappa shape index (κ2) is 4.98. The van der Waals surface area contributed by atoms with Crippen LogP contribution in [0.4, 0.5) is 0 Å². The maximum Gasteiger partial charge on any atom is 0.254 e. The highest BCUT2D eigenvalue weighted by atomic mass is 16.5. The van der Waals surface area contributed by atoms with E-state index in [0.29, 0.717) is 29.4 Å². The molecule has 1 fully saturated rings. The lowest BCUT2D eigenvalue weighted by Crippen LogP contribution is -2.22. The molecule has 1 unspecified atom stereocenters. The van der Waals surface area contributed by atoms with Crippen LogP contribution in [-0.4, -0.2) is 28.8 Å². The quantitative estimate of drug-likeness (QED) is 0.792. The Morgan fingerprint density at radius 2 is 2.29 bits per heavy atom. The highest BCUT2D eigenvalue weighted by Crippen LogP contribution is 2.41. The van der Waals surface area contributed by atoms with E-state index in [4.69, 9.17) is 9.84 Å². The van der Waals surface area contributed by atoms with Gasteiger partial charge in [-0.15, -0.1) is 0 Å². The molecule has 1 heterocycles. The van der Waals surface area contributed by atoms with Gasteiger partial charge in [0.15, 0.2) is 0 Å². The van der Waals surface area contributed by atoms with E-state index in [9.17, 15) is 4.79 Å². The molecule has 1 aromatic heterocycles. The molecule has 5 nitrogen and oxygen atoms in total. The van der Waals surface area contributed by atoms with Crippen molar-refractivity contribution in [2.24, 2.45) is 5.92 Å². The highest BCUT2D eigenvalue weighted by molar-refractivity contribution is 5.18. The second-order valence-electron chi connectivity index (χ2n) is 4.48. The molecular weight excluding hydrogens is 220 g/mol. The van der Waals surface area contributed by atoms with Gasteiger partial charge in [-0.25, -0.2) is 4.98 Å². The highest BCUT2D eigenvalue weighted by Gasteiger charge is 2.34. The zero-order valence-electron chi connectivity index (χ0n) is 10.2. The van der Waals surface area contributed by atoms with Crippen LogP contribution in [0, 0.1) is 12.8 Å². The summed E-state index contributed by atoms with van der Waals surface area (Å²) in [5.41, 5.74) is 1.08. The van der Waals surface area contributed by atoms with Crippen molar-refractivity contribution < 1.29 is 9.84 Å². The molecular formula is C12H18N2O3. The van der Waals surface area contributed by atoms with Gasteiger partial charge in [-0.3, -0.25) is 4.79 Å². The number of nitrogens with zero attached hydrogens (tertiary/aromatic N) is 1. The van der Waals surface area contributed by atoms with E-state index < -0.39 is 0 Å². The Kier molecular flexibility index (Phi) is 3.59. The Bertz CT molecular complexity index is 452. The number of H-pyrrole nitrogens is 1. The third kappa shape index (κ3) is 2.56. The molecule has 0 spiro atoms. The van der Waals surface area contributed by atoms with Crippen molar-refractivity contribution in [3.05, 3.63) is 27.4 Å². The Hall–Kier alpha value is -1.20. The lowest BCUT2D eigenvalue weighted by Gasteiger charge is -2.14. The summed E-state index contributed by atoms with van der Waals surface area (Å²) in [6, 6.07) is 0. The van der Waals surface area contributed by atoms with Crippen molar-refractivity contribution >= 4 is 0 Å². The fourth-order valence-electron chi connectivity index (χ4n) is 2.10. The molecule has 1 aromatic rings. The van der Waals surface area contributed by atoms with Gasteiger partial charge in [-0.1, -0.05) is 0 Å². The van der Waals surface area contributed by atoms with Gasteiger partial charge in [0, 0.05) is 31.4 Å². The zero-order chi connectivity index (χ0) is 12.4. The van der Waals surface area contributed by atoms with Gasteiger partial charge in [0.05, 0.1) is 0 Å². The fourth-order valence-corrected chi connectivity index (χ4v) is 2.10. The number of aromatic amines is 1. The molecule has 1 aliphatic rings. The first-order valence-corrected chi connectivity index (χ1v) is 5.90. The summed E-state index contributed by atoms with van der Waals surface area (Å²) < 4.78 is 5.39. The minimum absolute atomic E-state index is 0.0404. The summed E-state index contributed by atoms with van der Waals surface area (Å²) in [6.45, 7) is 1.75. The molecule has 0 saturated heterocycles. The number of aromatic nitrogens is 2. The minimum atomic E-state index is -0.163. The summed E-state index contributed by atoms with van der Waals surface area (Å²) in [4.78, 5) is 19.0. The van der Waals surface area contributed by atoms with Crippen molar-refractivity contribution in [2.45, 2.75) is 32.3 Å². The normalized spacial score (nSPS) is 17.1. The number of nitrogens with one attached hydrogen (secondary N) is 1. The van der Waals surface area contributed by atoms with Crippen molar-refractivity contribution in [2.75, 3.05) is 13.7 Å². The average Bonchev–Trinajstić information content (AvgIpc) is 3.09.